The number of benzene rings is 1. The number of thiazole rings is 1. The van der Waals surface area contributed by atoms with Crippen LogP contribution in [0.5, 0.6) is 0 Å². The molecule has 0 aliphatic heterocycles. The van der Waals surface area contributed by atoms with Crippen molar-refractivity contribution in [1.29, 1.82) is 0 Å². The molecule has 0 bridgehead atoms. The molecular weight excluding hydrogens is 346 g/mol. The molecule has 7 heteroatoms. The predicted octanol–water partition coefficient (Wildman–Crippen LogP) is 4.41. The van der Waals surface area contributed by atoms with Gasteiger partial charge in [0.2, 0.25) is 5.95 Å². The van der Waals surface area contributed by atoms with Crippen LogP contribution in [0.4, 0.5) is 5.95 Å². The Labute approximate surface area is 154 Å². The molecule has 0 aliphatic carbocycles. The average molecular weight is 365 g/mol. The third-order valence-electron chi connectivity index (χ3n) is 4.11. The summed E-state index contributed by atoms with van der Waals surface area (Å²) in [6, 6.07) is 11.6. The van der Waals surface area contributed by atoms with Gasteiger partial charge >= 0.3 is 0 Å². The fourth-order valence-corrected chi connectivity index (χ4v) is 3.75. The third-order valence-corrected chi connectivity index (χ3v) is 5.22. The maximum atomic E-state index is 12.8. The van der Waals surface area contributed by atoms with Crippen molar-refractivity contribution in [2.24, 2.45) is 0 Å². The second-order valence-corrected chi connectivity index (χ2v) is 7.00. The smallest absolute Gasteiger partial charge is 0.270 e. The number of carbonyl (C=O) groups is 1. The molecule has 2 N–H and O–H groups in total. The first-order valence-electron chi connectivity index (χ1n) is 8.63. The molecule has 4 rings (SSSR count). The van der Waals surface area contributed by atoms with Gasteiger partial charge in [-0.25, -0.2) is 9.97 Å². The molecule has 3 aromatic heterocycles. The summed E-state index contributed by atoms with van der Waals surface area (Å²) in [7, 11) is 0. The van der Waals surface area contributed by atoms with E-state index in [2.05, 4.69) is 27.2 Å². The van der Waals surface area contributed by atoms with Gasteiger partial charge in [0.25, 0.3) is 5.91 Å². The first-order valence-corrected chi connectivity index (χ1v) is 9.45. The number of para-hydroxylation sites is 2. The lowest BCUT2D eigenvalue weighted by Crippen LogP contribution is -2.13. The quantitative estimate of drug-likeness (QED) is 0.531. The van der Waals surface area contributed by atoms with E-state index in [1.165, 1.54) is 11.3 Å². The monoisotopic (exact) mass is 365 g/mol. The fourth-order valence-electron chi connectivity index (χ4n) is 2.78. The van der Waals surface area contributed by atoms with Crippen LogP contribution < -0.4 is 5.32 Å². The number of anilines is 1. The first-order chi connectivity index (χ1) is 12.7. The number of carbonyl (C=O) groups excluding carboxylic acids is 1. The zero-order chi connectivity index (χ0) is 17.9. The van der Waals surface area contributed by atoms with Crippen LogP contribution in [-0.4, -0.2) is 25.4 Å². The molecule has 1 amide bonds. The summed E-state index contributed by atoms with van der Waals surface area (Å²) >= 11 is 1.40. The molecule has 0 atom stereocenters. The minimum Gasteiger partial charge on any atom is -0.324 e. The Morgan fingerprint density at radius 2 is 2.00 bits per heavy atom. The van der Waals surface area contributed by atoms with Crippen molar-refractivity contribution in [3.8, 4) is 5.13 Å². The van der Waals surface area contributed by atoms with Crippen molar-refractivity contribution in [1.82, 2.24) is 19.5 Å². The summed E-state index contributed by atoms with van der Waals surface area (Å²) in [5, 5.41) is 3.68. The summed E-state index contributed by atoms with van der Waals surface area (Å²) in [6.45, 7) is 2.13. The molecule has 0 saturated heterocycles. The number of unbranched alkanes of at least 4 members (excludes halogenated alkanes) is 1. The molecule has 0 unspecified atom stereocenters. The van der Waals surface area contributed by atoms with Crippen LogP contribution in [0.3, 0.4) is 0 Å². The van der Waals surface area contributed by atoms with Gasteiger partial charge in [-0.3, -0.25) is 10.1 Å². The van der Waals surface area contributed by atoms with Crippen molar-refractivity contribution in [2.75, 3.05) is 5.32 Å². The molecule has 0 aliphatic rings. The van der Waals surface area contributed by atoms with Crippen LogP contribution in [0.25, 0.3) is 16.2 Å². The molecule has 26 heavy (non-hydrogen) atoms. The third kappa shape index (κ3) is 3.25. The highest BCUT2D eigenvalue weighted by Gasteiger charge is 2.19. The highest BCUT2D eigenvalue weighted by atomic mass is 32.1. The second-order valence-electron chi connectivity index (χ2n) is 6.02. The first kappa shape index (κ1) is 16.5. The Morgan fingerprint density at radius 3 is 2.77 bits per heavy atom. The molecular formula is C19H19N5OS. The maximum absolute atomic E-state index is 12.8. The molecule has 6 nitrogen and oxygen atoms in total. The van der Waals surface area contributed by atoms with E-state index in [9.17, 15) is 4.79 Å². The second kappa shape index (κ2) is 7.13. The van der Waals surface area contributed by atoms with E-state index in [0.29, 0.717) is 10.8 Å². The lowest BCUT2D eigenvalue weighted by molar-refractivity contribution is 0.102. The fraction of sp³-hybridized carbons (Fsp3) is 0.211. The Morgan fingerprint density at radius 1 is 1.19 bits per heavy atom. The molecule has 0 radical (unpaired) electrons. The van der Waals surface area contributed by atoms with E-state index in [0.717, 1.165) is 41.1 Å². The van der Waals surface area contributed by atoms with Crippen LogP contribution in [0.15, 0.2) is 48.8 Å². The Hall–Kier alpha value is -2.93. The van der Waals surface area contributed by atoms with Crippen molar-refractivity contribution in [2.45, 2.75) is 26.2 Å². The van der Waals surface area contributed by atoms with Crippen LogP contribution in [0.1, 0.15) is 35.1 Å². The van der Waals surface area contributed by atoms with Crippen LogP contribution in [0.2, 0.25) is 0 Å². The van der Waals surface area contributed by atoms with Gasteiger partial charge in [0.15, 0.2) is 5.13 Å². The van der Waals surface area contributed by atoms with Gasteiger partial charge in [0, 0.05) is 12.4 Å². The van der Waals surface area contributed by atoms with E-state index in [1.54, 1.807) is 0 Å². The molecule has 4 aromatic rings. The number of nitrogens with one attached hydrogen (secondary N) is 2. The van der Waals surface area contributed by atoms with E-state index in [-0.39, 0.29) is 5.91 Å². The number of hydrogen-bond acceptors (Lipinski definition) is 4. The van der Waals surface area contributed by atoms with E-state index < -0.39 is 0 Å². The van der Waals surface area contributed by atoms with Gasteiger partial charge in [-0.2, -0.15) is 0 Å². The Bertz CT molecular complexity index is 999. The molecule has 0 spiro atoms. The van der Waals surface area contributed by atoms with Crippen molar-refractivity contribution >= 4 is 34.2 Å². The highest BCUT2D eigenvalue weighted by molar-refractivity contribution is 7.16. The SMILES string of the molecule is CCCCc1nc(-n2cccc2)sc1C(=O)Nc1nc2ccccc2[nH]1. The van der Waals surface area contributed by atoms with Crippen molar-refractivity contribution in [3.05, 3.63) is 59.4 Å². The Balaban J connectivity index is 1.63. The van der Waals surface area contributed by atoms with Gasteiger partial charge < -0.3 is 9.55 Å². The molecule has 0 saturated carbocycles. The zero-order valence-corrected chi connectivity index (χ0v) is 15.2. The van der Waals surface area contributed by atoms with Gasteiger partial charge in [0.1, 0.15) is 4.88 Å². The number of nitrogens with zero attached hydrogens (tertiary/aromatic N) is 3. The maximum Gasteiger partial charge on any atom is 0.270 e. The number of aryl methyl sites for hydroxylation is 1. The summed E-state index contributed by atoms with van der Waals surface area (Å²) in [6.07, 6.45) is 6.71. The van der Waals surface area contributed by atoms with Gasteiger partial charge in [-0.05, 0) is 37.1 Å². The standard InChI is InChI=1S/C19H19N5OS/c1-2-3-8-15-16(26-19(22-15)24-11-6-7-12-24)17(25)23-18-20-13-9-4-5-10-14(13)21-18/h4-7,9-12H,2-3,8H2,1H3,(H2,20,21,23,25). The van der Waals surface area contributed by atoms with E-state index in [1.807, 2.05) is 53.4 Å². The summed E-state index contributed by atoms with van der Waals surface area (Å²) in [4.78, 5) is 25.7. The van der Waals surface area contributed by atoms with Crippen LogP contribution >= 0.6 is 11.3 Å². The number of H-pyrrole nitrogens is 1. The number of aromatic nitrogens is 4. The van der Waals surface area contributed by atoms with E-state index in [4.69, 9.17) is 0 Å². The average Bonchev–Trinajstić information content (AvgIpc) is 3.37. The summed E-state index contributed by atoms with van der Waals surface area (Å²) in [5.41, 5.74) is 2.56. The zero-order valence-electron chi connectivity index (χ0n) is 14.4. The molecule has 3 heterocycles. The van der Waals surface area contributed by atoms with Gasteiger partial charge in [-0.15, -0.1) is 0 Å². The summed E-state index contributed by atoms with van der Waals surface area (Å²) < 4.78 is 1.93. The lowest BCUT2D eigenvalue weighted by Gasteiger charge is -2.01. The number of rotatable bonds is 6. The highest BCUT2D eigenvalue weighted by Crippen LogP contribution is 2.25. The predicted molar refractivity (Wildman–Crippen MR) is 104 cm³/mol. The molecule has 0 fully saturated rings. The number of amides is 1. The number of imidazole rings is 1. The topological polar surface area (TPSA) is 75.6 Å². The molecule has 1 aromatic carbocycles. The van der Waals surface area contributed by atoms with Crippen LogP contribution in [-0.2, 0) is 6.42 Å². The van der Waals surface area contributed by atoms with Gasteiger partial charge in [0.05, 0.1) is 16.7 Å². The number of hydrogen-bond donors (Lipinski definition) is 2. The minimum atomic E-state index is -0.175. The van der Waals surface area contributed by atoms with Crippen LogP contribution in [0, 0.1) is 0 Å². The lowest BCUT2D eigenvalue weighted by atomic mass is 10.2. The van der Waals surface area contributed by atoms with E-state index >= 15 is 0 Å². The van der Waals surface area contributed by atoms with Crippen molar-refractivity contribution in [3.63, 3.8) is 0 Å². The largest absolute Gasteiger partial charge is 0.324 e. The minimum absolute atomic E-state index is 0.175. The van der Waals surface area contributed by atoms with Crippen molar-refractivity contribution < 1.29 is 4.79 Å². The van der Waals surface area contributed by atoms with Gasteiger partial charge in [-0.1, -0.05) is 36.8 Å². The summed E-state index contributed by atoms with van der Waals surface area (Å²) in [5.74, 6) is 0.277. The number of aromatic amines is 1. The Kier molecular flexibility index (Phi) is 4.53. The number of fused-ring (bicyclic) bond motifs is 1. The normalized spacial score (nSPS) is 11.1. The molecule has 132 valence electrons.